The van der Waals surface area contributed by atoms with Gasteiger partial charge in [0, 0.05) is 13.0 Å². The van der Waals surface area contributed by atoms with Gasteiger partial charge in [-0.25, -0.2) is 0 Å². The van der Waals surface area contributed by atoms with Crippen LogP contribution in [-0.2, 0) is 0 Å². The van der Waals surface area contributed by atoms with Crippen LogP contribution in [0.2, 0.25) is 0 Å². The van der Waals surface area contributed by atoms with Crippen LogP contribution in [0.25, 0.3) is 0 Å². The molecule has 0 aliphatic heterocycles. The summed E-state index contributed by atoms with van der Waals surface area (Å²) in [6.07, 6.45) is 7.83. The highest BCUT2D eigenvalue weighted by Gasteiger charge is 2.07. The monoisotopic (exact) mass is 164 g/mol. The molecule has 66 valence electrons. The van der Waals surface area contributed by atoms with Gasteiger partial charge >= 0.3 is 0 Å². The first kappa shape index (κ1) is 9.31. The summed E-state index contributed by atoms with van der Waals surface area (Å²) in [5.41, 5.74) is 5.37. The van der Waals surface area contributed by atoms with E-state index < -0.39 is 0 Å². The quantitative estimate of drug-likeness (QED) is 0.636. The Labute approximate surface area is 74.1 Å². The number of hydrogen-bond acceptors (Lipinski definition) is 1. The van der Waals surface area contributed by atoms with Crippen molar-refractivity contribution in [3.05, 3.63) is 29.5 Å². The molecule has 0 spiro atoms. The van der Waals surface area contributed by atoms with E-state index in [2.05, 4.69) is 18.4 Å². The molecule has 0 unspecified atom stereocenters. The van der Waals surface area contributed by atoms with Crippen molar-refractivity contribution in [2.75, 3.05) is 6.61 Å². The van der Waals surface area contributed by atoms with Crippen LogP contribution < -0.4 is 0 Å². The minimum Gasteiger partial charge on any atom is -0.396 e. The molecule has 1 aliphatic rings. The molecule has 1 aliphatic carbocycles. The third-order valence-corrected chi connectivity index (χ3v) is 2.25. The topological polar surface area (TPSA) is 20.2 Å². The standard InChI is InChI=1S/C11H16O/c1-2-10(8-9-12)11-6-4-3-5-7-11/h6,12H,1,3-5,7-9H2. The van der Waals surface area contributed by atoms with Crippen molar-refractivity contribution in [2.24, 2.45) is 0 Å². The van der Waals surface area contributed by atoms with E-state index in [-0.39, 0.29) is 6.61 Å². The zero-order valence-corrected chi connectivity index (χ0v) is 7.47. The van der Waals surface area contributed by atoms with Crippen LogP contribution >= 0.6 is 0 Å². The lowest BCUT2D eigenvalue weighted by atomic mass is 9.92. The lowest BCUT2D eigenvalue weighted by molar-refractivity contribution is 0.299. The summed E-state index contributed by atoms with van der Waals surface area (Å²) in [5, 5.41) is 8.78. The Bertz CT molecular complexity index is 219. The second kappa shape index (κ2) is 4.97. The van der Waals surface area contributed by atoms with E-state index in [9.17, 15) is 0 Å². The molecular weight excluding hydrogens is 148 g/mol. The summed E-state index contributed by atoms with van der Waals surface area (Å²) in [7, 11) is 0. The molecule has 0 bridgehead atoms. The number of hydrogen-bond donors (Lipinski definition) is 1. The van der Waals surface area contributed by atoms with Crippen molar-refractivity contribution in [3.63, 3.8) is 0 Å². The third-order valence-electron chi connectivity index (χ3n) is 2.25. The first-order chi connectivity index (χ1) is 5.88. The molecule has 0 aromatic carbocycles. The van der Waals surface area contributed by atoms with Gasteiger partial charge in [0.25, 0.3) is 0 Å². The van der Waals surface area contributed by atoms with Crippen molar-refractivity contribution >= 4 is 0 Å². The molecule has 0 fully saturated rings. The van der Waals surface area contributed by atoms with Gasteiger partial charge < -0.3 is 5.11 Å². The zero-order chi connectivity index (χ0) is 8.81. The maximum atomic E-state index is 8.78. The predicted molar refractivity (Wildman–Crippen MR) is 50.9 cm³/mol. The summed E-state index contributed by atoms with van der Waals surface area (Å²) in [6, 6.07) is 0. The first-order valence-electron chi connectivity index (χ1n) is 4.57. The van der Waals surface area contributed by atoms with Gasteiger partial charge in [-0.15, -0.1) is 5.73 Å². The average Bonchev–Trinajstić information content (AvgIpc) is 2.15. The lowest BCUT2D eigenvalue weighted by Gasteiger charge is -2.13. The number of rotatable bonds is 3. The maximum Gasteiger partial charge on any atom is 0.0477 e. The van der Waals surface area contributed by atoms with E-state index in [1.807, 2.05) is 0 Å². The van der Waals surface area contributed by atoms with Gasteiger partial charge in [0.1, 0.15) is 0 Å². The fourth-order valence-corrected chi connectivity index (χ4v) is 1.59. The molecule has 0 atom stereocenters. The summed E-state index contributed by atoms with van der Waals surface area (Å²) >= 11 is 0. The molecule has 1 rings (SSSR count). The number of aliphatic hydroxyl groups excluding tert-OH is 1. The highest BCUT2D eigenvalue weighted by Crippen LogP contribution is 2.24. The van der Waals surface area contributed by atoms with Gasteiger partial charge in [0.05, 0.1) is 0 Å². The molecule has 0 aromatic heterocycles. The predicted octanol–water partition coefficient (Wildman–Crippen LogP) is 2.58. The Morgan fingerprint density at radius 2 is 2.42 bits per heavy atom. The van der Waals surface area contributed by atoms with Crippen molar-refractivity contribution < 1.29 is 5.11 Å². The Hall–Kier alpha value is -0.780. The van der Waals surface area contributed by atoms with E-state index in [4.69, 9.17) is 5.11 Å². The molecule has 1 heteroatoms. The van der Waals surface area contributed by atoms with Gasteiger partial charge in [-0.3, -0.25) is 0 Å². The summed E-state index contributed by atoms with van der Waals surface area (Å²) in [4.78, 5) is 0. The minimum absolute atomic E-state index is 0.204. The van der Waals surface area contributed by atoms with Crippen LogP contribution in [0.3, 0.4) is 0 Å². The maximum absolute atomic E-state index is 8.78. The van der Waals surface area contributed by atoms with Gasteiger partial charge in [0.15, 0.2) is 0 Å². The summed E-state index contributed by atoms with van der Waals surface area (Å²) in [5.74, 6) is 0. The largest absolute Gasteiger partial charge is 0.396 e. The van der Waals surface area contributed by atoms with Crippen LogP contribution in [-0.4, -0.2) is 11.7 Å². The van der Waals surface area contributed by atoms with Gasteiger partial charge in [0.2, 0.25) is 0 Å². The van der Waals surface area contributed by atoms with E-state index in [0.717, 1.165) is 12.0 Å². The molecule has 0 radical (unpaired) electrons. The second-order valence-electron chi connectivity index (χ2n) is 3.10. The van der Waals surface area contributed by atoms with Crippen molar-refractivity contribution in [3.8, 4) is 0 Å². The van der Waals surface area contributed by atoms with Crippen LogP contribution in [0.5, 0.6) is 0 Å². The highest BCUT2D eigenvalue weighted by molar-refractivity contribution is 5.30. The molecule has 0 amide bonds. The molecule has 0 saturated heterocycles. The molecule has 0 heterocycles. The van der Waals surface area contributed by atoms with Crippen LogP contribution in [0.15, 0.2) is 29.5 Å². The minimum atomic E-state index is 0.204. The normalized spacial score (nSPS) is 16.6. The Balaban J connectivity index is 2.65. The fourth-order valence-electron chi connectivity index (χ4n) is 1.59. The van der Waals surface area contributed by atoms with E-state index in [0.29, 0.717) is 6.42 Å². The van der Waals surface area contributed by atoms with E-state index in [1.54, 1.807) is 0 Å². The lowest BCUT2D eigenvalue weighted by Crippen LogP contribution is -1.97. The van der Waals surface area contributed by atoms with Crippen LogP contribution in [0.4, 0.5) is 0 Å². The molecule has 1 nitrogen and oxygen atoms in total. The third kappa shape index (κ3) is 2.37. The van der Waals surface area contributed by atoms with E-state index in [1.165, 1.54) is 24.8 Å². The fraction of sp³-hybridized carbons (Fsp3) is 0.545. The molecule has 0 aromatic rings. The molecular formula is C11H16O. The van der Waals surface area contributed by atoms with Crippen molar-refractivity contribution in [1.29, 1.82) is 0 Å². The van der Waals surface area contributed by atoms with Gasteiger partial charge in [-0.2, -0.15) is 0 Å². The first-order valence-corrected chi connectivity index (χ1v) is 4.57. The van der Waals surface area contributed by atoms with Crippen molar-refractivity contribution in [2.45, 2.75) is 32.1 Å². The van der Waals surface area contributed by atoms with Gasteiger partial charge in [-0.05, 0) is 36.8 Å². The average molecular weight is 164 g/mol. The summed E-state index contributed by atoms with van der Waals surface area (Å²) < 4.78 is 0. The number of allylic oxidation sites excluding steroid dienone is 2. The molecule has 12 heavy (non-hydrogen) atoms. The van der Waals surface area contributed by atoms with Gasteiger partial charge in [-0.1, -0.05) is 12.7 Å². The smallest absolute Gasteiger partial charge is 0.0477 e. The Morgan fingerprint density at radius 1 is 1.58 bits per heavy atom. The highest BCUT2D eigenvalue weighted by atomic mass is 16.2. The Morgan fingerprint density at radius 3 is 2.92 bits per heavy atom. The summed E-state index contributed by atoms with van der Waals surface area (Å²) in [6.45, 7) is 3.84. The molecule has 1 N–H and O–H groups in total. The van der Waals surface area contributed by atoms with Crippen LogP contribution in [0, 0.1) is 0 Å². The number of aliphatic hydroxyl groups is 1. The molecule has 0 saturated carbocycles. The second-order valence-corrected chi connectivity index (χ2v) is 3.10. The van der Waals surface area contributed by atoms with Crippen LogP contribution in [0.1, 0.15) is 32.1 Å². The van der Waals surface area contributed by atoms with Crippen molar-refractivity contribution in [1.82, 2.24) is 0 Å². The zero-order valence-electron chi connectivity index (χ0n) is 7.47. The van der Waals surface area contributed by atoms with E-state index >= 15 is 0 Å². The Kier molecular flexibility index (Phi) is 3.86. The SMILES string of the molecule is C=C=C(CCO)C1=CCCCC1.